The number of nitrogens with zero attached hydrogens (tertiary/aromatic N) is 1. The van der Waals surface area contributed by atoms with Crippen molar-refractivity contribution in [2.45, 2.75) is 69.6 Å². The van der Waals surface area contributed by atoms with E-state index in [1.54, 1.807) is 0 Å². The largest absolute Gasteiger partial charge is 0.375 e. The minimum absolute atomic E-state index is 0.300. The van der Waals surface area contributed by atoms with E-state index in [1.807, 2.05) is 0 Å². The van der Waals surface area contributed by atoms with E-state index in [4.69, 9.17) is 4.74 Å². The van der Waals surface area contributed by atoms with Crippen LogP contribution < -0.4 is 5.32 Å². The van der Waals surface area contributed by atoms with E-state index in [0.29, 0.717) is 5.60 Å². The SMILES string of the molecule is CCNC1CCCN(C2CCOC3(CCC3)C2)C1. The molecule has 3 nitrogen and oxygen atoms in total. The van der Waals surface area contributed by atoms with Crippen molar-refractivity contribution in [1.82, 2.24) is 10.2 Å². The van der Waals surface area contributed by atoms with Crippen molar-refractivity contribution in [3.63, 3.8) is 0 Å². The van der Waals surface area contributed by atoms with Crippen LogP contribution in [0.3, 0.4) is 0 Å². The summed E-state index contributed by atoms with van der Waals surface area (Å²) in [7, 11) is 0. The fourth-order valence-corrected chi connectivity index (χ4v) is 4.03. The summed E-state index contributed by atoms with van der Waals surface area (Å²) in [5.41, 5.74) is 0.300. The van der Waals surface area contributed by atoms with Crippen LogP contribution in [0.1, 0.15) is 51.9 Å². The summed E-state index contributed by atoms with van der Waals surface area (Å²) >= 11 is 0. The predicted octanol–water partition coefficient (Wildman–Crippen LogP) is 2.16. The van der Waals surface area contributed by atoms with Gasteiger partial charge in [-0.25, -0.2) is 0 Å². The van der Waals surface area contributed by atoms with E-state index in [0.717, 1.165) is 25.2 Å². The van der Waals surface area contributed by atoms with Crippen molar-refractivity contribution in [3.05, 3.63) is 0 Å². The number of likely N-dealkylation sites (N-methyl/N-ethyl adjacent to an activating group) is 1. The van der Waals surface area contributed by atoms with E-state index in [2.05, 4.69) is 17.1 Å². The molecular formula is C15H28N2O. The summed E-state index contributed by atoms with van der Waals surface area (Å²) in [6.45, 7) is 6.89. The molecule has 18 heavy (non-hydrogen) atoms. The molecule has 0 aromatic carbocycles. The molecule has 2 saturated heterocycles. The molecule has 3 fully saturated rings. The minimum atomic E-state index is 0.300. The van der Waals surface area contributed by atoms with Gasteiger partial charge in [0.2, 0.25) is 0 Å². The third-order valence-electron chi connectivity index (χ3n) is 5.19. The number of ether oxygens (including phenoxy) is 1. The second-order valence-corrected chi connectivity index (χ2v) is 6.42. The lowest BCUT2D eigenvalue weighted by atomic mass is 9.73. The molecule has 2 atom stereocenters. The third kappa shape index (κ3) is 2.59. The fourth-order valence-electron chi connectivity index (χ4n) is 4.03. The zero-order chi connectivity index (χ0) is 12.4. The number of hydrogen-bond acceptors (Lipinski definition) is 3. The van der Waals surface area contributed by atoms with Crippen LogP contribution in [-0.4, -0.2) is 48.8 Å². The normalized spacial score (nSPS) is 36.5. The van der Waals surface area contributed by atoms with E-state index < -0.39 is 0 Å². The number of piperidine rings is 1. The first-order chi connectivity index (χ1) is 8.81. The van der Waals surface area contributed by atoms with Crippen LogP contribution in [0.5, 0.6) is 0 Å². The molecule has 3 rings (SSSR count). The monoisotopic (exact) mass is 252 g/mol. The standard InChI is InChI=1S/C15H28N2O/c1-2-16-13-5-3-9-17(12-13)14-6-10-18-15(11-14)7-4-8-15/h13-14,16H,2-12H2,1H3. The molecule has 2 unspecified atom stereocenters. The molecular weight excluding hydrogens is 224 g/mol. The Morgan fingerprint density at radius 3 is 2.89 bits per heavy atom. The molecule has 104 valence electrons. The highest BCUT2D eigenvalue weighted by atomic mass is 16.5. The van der Waals surface area contributed by atoms with Gasteiger partial charge in [0.05, 0.1) is 5.60 Å². The van der Waals surface area contributed by atoms with E-state index in [9.17, 15) is 0 Å². The Morgan fingerprint density at radius 2 is 2.17 bits per heavy atom. The maximum atomic E-state index is 6.05. The Labute approximate surface area is 111 Å². The minimum Gasteiger partial charge on any atom is -0.375 e. The van der Waals surface area contributed by atoms with Crippen molar-refractivity contribution in [2.24, 2.45) is 0 Å². The fraction of sp³-hybridized carbons (Fsp3) is 1.00. The molecule has 0 aromatic rings. The Hall–Kier alpha value is -0.120. The summed E-state index contributed by atoms with van der Waals surface area (Å²) in [6.07, 6.45) is 9.28. The van der Waals surface area contributed by atoms with E-state index in [-0.39, 0.29) is 0 Å². The van der Waals surface area contributed by atoms with Gasteiger partial charge in [0.15, 0.2) is 0 Å². The molecule has 1 saturated carbocycles. The first-order valence-electron chi connectivity index (χ1n) is 7.93. The molecule has 0 radical (unpaired) electrons. The number of rotatable bonds is 3. The highest BCUT2D eigenvalue weighted by Gasteiger charge is 2.44. The van der Waals surface area contributed by atoms with Gasteiger partial charge in [-0.1, -0.05) is 6.92 Å². The van der Waals surface area contributed by atoms with Crippen LogP contribution in [-0.2, 0) is 4.74 Å². The van der Waals surface area contributed by atoms with Gasteiger partial charge in [-0.15, -0.1) is 0 Å². The Morgan fingerprint density at radius 1 is 1.28 bits per heavy atom. The van der Waals surface area contributed by atoms with E-state index >= 15 is 0 Å². The van der Waals surface area contributed by atoms with E-state index in [1.165, 1.54) is 58.0 Å². The smallest absolute Gasteiger partial charge is 0.0697 e. The lowest BCUT2D eigenvalue weighted by molar-refractivity contribution is -0.150. The van der Waals surface area contributed by atoms with Crippen molar-refractivity contribution in [3.8, 4) is 0 Å². The molecule has 1 N–H and O–H groups in total. The Kier molecular flexibility index (Phi) is 3.92. The average molecular weight is 252 g/mol. The zero-order valence-electron chi connectivity index (χ0n) is 11.8. The van der Waals surface area contributed by atoms with Gasteiger partial charge in [0.1, 0.15) is 0 Å². The van der Waals surface area contributed by atoms with Gasteiger partial charge >= 0.3 is 0 Å². The molecule has 2 heterocycles. The predicted molar refractivity (Wildman–Crippen MR) is 73.8 cm³/mol. The van der Waals surface area contributed by atoms with Crippen LogP contribution in [0.25, 0.3) is 0 Å². The number of likely N-dealkylation sites (tertiary alicyclic amines) is 1. The molecule has 0 aromatic heterocycles. The summed E-state index contributed by atoms with van der Waals surface area (Å²) in [5, 5.41) is 3.63. The zero-order valence-corrected chi connectivity index (χ0v) is 11.8. The van der Waals surface area contributed by atoms with Crippen LogP contribution >= 0.6 is 0 Å². The molecule has 3 heteroatoms. The molecule has 2 aliphatic heterocycles. The molecule has 0 bridgehead atoms. The Balaban J connectivity index is 1.56. The maximum Gasteiger partial charge on any atom is 0.0697 e. The summed E-state index contributed by atoms with van der Waals surface area (Å²) in [4.78, 5) is 2.75. The lowest BCUT2D eigenvalue weighted by Gasteiger charge is -2.50. The number of nitrogens with one attached hydrogen (secondary N) is 1. The van der Waals surface area contributed by atoms with Crippen molar-refractivity contribution >= 4 is 0 Å². The molecule has 1 aliphatic carbocycles. The average Bonchev–Trinajstić information content (AvgIpc) is 2.38. The van der Waals surface area contributed by atoms with Crippen molar-refractivity contribution in [1.29, 1.82) is 0 Å². The number of hydrogen-bond donors (Lipinski definition) is 1. The van der Waals surface area contributed by atoms with Gasteiger partial charge in [0, 0.05) is 25.2 Å². The summed E-state index contributed by atoms with van der Waals surface area (Å²) in [5.74, 6) is 0. The molecule has 1 spiro atoms. The summed E-state index contributed by atoms with van der Waals surface area (Å²) in [6, 6.07) is 1.52. The second kappa shape index (κ2) is 5.48. The van der Waals surface area contributed by atoms with Crippen LogP contribution in [0.4, 0.5) is 0 Å². The first-order valence-corrected chi connectivity index (χ1v) is 7.93. The molecule has 0 amide bonds. The van der Waals surface area contributed by atoms with Gasteiger partial charge in [-0.3, -0.25) is 4.90 Å². The maximum absolute atomic E-state index is 6.05. The third-order valence-corrected chi connectivity index (χ3v) is 5.19. The van der Waals surface area contributed by atoms with Crippen LogP contribution in [0, 0.1) is 0 Å². The summed E-state index contributed by atoms with van der Waals surface area (Å²) < 4.78 is 6.05. The first kappa shape index (κ1) is 12.9. The highest BCUT2D eigenvalue weighted by molar-refractivity contribution is 4.97. The quantitative estimate of drug-likeness (QED) is 0.833. The van der Waals surface area contributed by atoms with Crippen LogP contribution in [0.15, 0.2) is 0 Å². The van der Waals surface area contributed by atoms with Gasteiger partial charge < -0.3 is 10.1 Å². The topological polar surface area (TPSA) is 24.5 Å². The van der Waals surface area contributed by atoms with Crippen molar-refractivity contribution in [2.75, 3.05) is 26.2 Å². The van der Waals surface area contributed by atoms with Gasteiger partial charge in [0.25, 0.3) is 0 Å². The highest BCUT2D eigenvalue weighted by Crippen LogP contribution is 2.43. The Bertz CT molecular complexity index is 276. The van der Waals surface area contributed by atoms with Gasteiger partial charge in [-0.05, 0) is 58.0 Å². The van der Waals surface area contributed by atoms with Crippen LogP contribution in [0.2, 0.25) is 0 Å². The molecule has 3 aliphatic rings. The second-order valence-electron chi connectivity index (χ2n) is 6.42. The van der Waals surface area contributed by atoms with Gasteiger partial charge in [-0.2, -0.15) is 0 Å². The lowest BCUT2D eigenvalue weighted by Crippen LogP contribution is -2.56. The van der Waals surface area contributed by atoms with Crippen molar-refractivity contribution < 1.29 is 4.74 Å².